The largest absolute Gasteiger partial charge is 0.426 e. The maximum absolute atomic E-state index is 11.4. The molecule has 1 saturated heterocycles. The van der Waals surface area contributed by atoms with E-state index in [1.54, 1.807) is 48.5 Å². The smallest absolute Gasteiger partial charge is 0.308 e. The molecule has 0 aromatic heterocycles. The minimum Gasteiger partial charge on any atom is -0.426 e. The van der Waals surface area contributed by atoms with Crippen LogP contribution >= 0.6 is 0 Å². The fourth-order valence-corrected chi connectivity index (χ4v) is 3.62. The van der Waals surface area contributed by atoms with Gasteiger partial charge in [0.25, 0.3) is 0 Å². The third-order valence-electron chi connectivity index (χ3n) is 5.26. The Balaban J connectivity index is 1.76. The van der Waals surface area contributed by atoms with Gasteiger partial charge in [0.05, 0.1) is 19.3 Å². The summed E-state index contributed by atoms with van der Waals surface area (Å²) in [5.74, 6) is -0.270. The molecule has 0 saturated carbocycles. The lowest BCUT2D eigenvalue weighted by atomic mass is 9.96. The summed E-state index contributed by atoms with van der Waals surface area (Å²) in [5, 5.41) is 33.8. The molecule has 0 bridgehead atoms. The number of ether oxygens (including phenoxy) is 4. The highest BCUT2D eigenvalue weighted by Gasteiger charge is 2.44. The molecule has 4 N–H and O–H groups in total. The fourth-order valence-electron chi connectivity index (χ4n) is 3.62. The van der Waals surface area contributed by atoms with Crippen molar-refractivity contribution in [2.24, 2.45) is 0 Å². The zero-order valence-corrected chi connectivity index (χ0v) is 18.9. The van der Waals surface area contributed by atoms with Crippen LogP contribution < -0.4 is 14.8 Å². The molecule has 10 heteroatoms. The van der Waals surface area contributed by atoms with Crippen LogP contribution in [0.1, 0.15) is 25.0 Å². The van der Waals surface area contributed by atoms with Crippen molar-refractivity contribution in [2.75, 3.05) is 6.61 Å². The molecular weight excluding hydrogens is 446 g/mol. The SMILES string of the molecule is CC(=O)Oc1ccccc1CN[C@@H]1C(OCc2ccccc2OC(C)=O)O[C@H](CO)[C@@H](O)[C@@H]1O. The van der Waals surface area contributed by atoms with Crippen LogP contribution in [0.3, 0.4) is 0 Å². The Bertz CT molecular complexity index is 982. The first-order valence-electron chi connectivity index (χ1n) is 10.8. The minimum absolute atomic E-state index is 0.0305. The maximum Gasteiger partial charge on any atom is 0.308 e. The van der Waals surface area contributed by atoms with Crippen molar-refractivity contribution in [1.82, 2.24) is 5.32 Å². The standard InChI is InChI=1S/C24H29NO9/c1-14(27)32-18-9-5-3-7-16(18)11-25-21-23(30)22(29)20(12-26)34-24(21)31-13-17-8-4-6-10-19(17)33-15(2)28/h3-10,20-26,29-30H,11-13H2,1-2H3/t20-,21+,22-,23-,24?/m1/s1. The molecule has 5 atom stereocenters. The van der Waals surface area contributed by atoms with Gasteiger partial charge in [-0.05, 0) is 12.1 Å². The van der Waals surface area contributed by atoms with Crippen molar-refractivity contribution in [3.8, 4) is 11.5 Å². The van der Waals surface area contributed by atoms with Gasteiger partial charge in [0.15, 0.2) is 6.29 Å². The van der Waals surface area contributed by atoms with Gasteiger partial charge in [-0.2, -0.15) is 0 Å². The summed E-state index contributed by atoms with van der Waals surface area (Å²) in [4.78, 5) is 22.8. The molecule has 0 aliphatic carbocycles. The van der Waals surface area contributed by atoms with E-state index in [1.165, 1.54) is 13.8 Å². The molecule has 1 unspecified atom stereocenters. The number of nitrogens with one attached hydrogen (secondary N) is 1. The van der Waals surface area contributed by atoms with Gasteiger partial charge in [-0.25, -0.2) is 0 Å². The van der Waals surface area contributed by atoms with Gasteiger partial charge in [-0.3, -0.25) is 9.59 Å². The molecule has 1 fully saturated rings. The number of rotatable bonds is 9. The Labute approximate surface area is 197 Å². The summed E-state index contributed by atoms with van der Waals surface area (Å²) in [5.41, 5.74) is 1.21. The van der Waals surface area contributed by atoms with E-state index in [1.807, 2.05) is 0 Å². The normalized spacial score (nSPS) is 24.4. The number of carbonyl (C=O) groups is 2. The second-order valence-corrected chi connectivity index (χ2v) is 7.83. The van der Waals surface area contributed by atoms with E-state index in [0.717, 1.165) is 0 Å². The Hall–Kier alpha value is -2.86. The highest BCUT2D eigenvalue weighted by molar-refractivity contribution is 5.70. The van der Waals surface area contributed by atoms with Crippen LogP contribution in [0.5, 0.6) is 11.5 Å². The summed E-state index contributed by atoms with van der Waals surface area (Å²) in [7, 11) is 0. The molecule has 0 radical (unpaired) electrons. The molecule has 3 rings (SSSR count). The molecule has 1 aliphatic heterocycles. The first-order valence-corrected chi connectivity index (χ1v) is 10.8. The lowest BCUT2D eigenvalue weighted by Gasteiger charge is -2.42. The van der Waals surface area contributed by atoms with E-state index < -0.39 is 49.2 Å². The maximum atomic E-state index is 11.4. The monoisotopic (exact) mass is 475 g/mol. The van der Waals surface area contributed by atoms with Crippen molar-refractivity contribution in [1.29, 1.82) is 0 Å². The number of para-hydroxylation sites is 2. The average molecular weight is 475 g/mol. The van der Waals surface area contributed by atoms with E-state index in [9.17, 15) is 24.9 Å². The van der Waals surface area contributed by atoms with Crippen molar-refractivity contribution < 1.29 is 43.9 Å². The van der Waals surface area contributed by atoms with Crippen molar-refractivity contribution in [2.45, 2.75) is 57.6 Å². The van der Waals surface area contributed by atoms with Crippen molar-refractivity contribution in [3.05, 3.63) is 59.7 Å². The summed E-state index contributed by atoms with van der Waals surface area (Å²) < 4.78 is 22.0. The minimum atomic E-state index is -1.36. The van der Waals surface area contributed by atoms with Crippen LogP contribution in [0, 0.1) is 0 Å². The van der Waals surface area contributed by atoms with Crippen LogP contribution in [0.25, 0.3) is 0 Å². The molecule has 2 aromatic carbocycles. The lowest BCUT2D eigenvalue weighted by molar-refractivity contribution is -0.274. The lowest BCUT2D eigenvalue weighted by Crippen LogP contribution is -2.63. The number of hydrogen-bond donors (Lipinski definition) is 4. The average Bonchev–Trinajstić information content (AvgIpc) is 2.80. The van der Waals surface area contributed by atoms with Crippen LogP contribution in [-0.2, 0) is 32.2 Å². The zero-order chi connectivity index (χ0) is 24.7. The molecule has 2 aromatic rings. The molecular formula is C24H29NO9. The fraction of sp³-hybridized carbons (Fsp3) is 0.417. The number of esters is 2. The van der Waals surface area contributed by atoms with Gasteiger partial charge in [0.1, 0.15) is 29.8 Å². The Morgan fingerprint density at radius 3 is 2.06 bits per heavy atom. The second kappa shape index (κ2) is 12.0. The Morgan fingerprint density at radius 2 is 1.47 bits per heavy atom. The van der Waals surface area contributed by atoms with Crippen molar-refractivity contribution in [3.63, 3.8) is 0 Å². The molecule has 0 spiro atoms. The third-order valence-corrected chi connectivity index (χ3v) is 5.26. The molecule has 184 valence electrons. The van der Waals surface area contributed by atoms with E-state index in [4.69, 9.17) is 18.9 Å². The molecule has 34 heavy (non-hydrogen) atoms. The number of carbonyl (C=O) groups excluding carboxylic acids is 2. The van der Waals surface area contributed by atoms with Crippen LogP contribution in [0.15, 0.2) is 48.5 Å². The number of hydrogen-bond acceptors (Lipinski definition) is 10. The quantitative estimate of drug-likeness (QED) is 0.301. The molecule has 1 aliphatic rings. The van der Waals surface area contributed by atoms with Crippen molar-refractivity contribution >= 4 is 11.9 Å². The first kappa shape index (κ1) is 25.8. The van der Waals surface area contributed by atoms with Crippen LogP contribution in [0.4, 0.5) is 0 Å². The van der Waals surface area contributed by atoms with Gasteiger partial charge < -0.3 is 39.6 Å². The van der Waals surface area contributed by atoms with E-state index in [-0.39, 0.29) is 13.2 Å². The summed E-state index contributed by atoms with van der Waals surface area (Å²) >= 11 is 0. The molecule has 0 amide bonds. The number of benzene rings is 2. The number of aliphatic hydroxyl groups is 3. The zero-order valence-electron chi connectivity index (χ0n) is 18.9. The highest BCUT2D eigenvalue weighted by atomic mass is 16.7. The molecule has 1 heterocycles. The van der Waals surface area contributed by atoms with Gasteiger partial charge in [-0.1, -0.05) is 36.4 Å². The Kier molecular flexibility index (Phi) is 9.11. The van der Waals surface area contributed by atoms with Gasteiger partial charge >= 0.3 is 11.9 Å². The topological polar surface area (TPSA) is 144 Å². The second-order valence-electron chi connectivity index (χ2n) is 7.83. The van der Waals surface area contributed by atoms with Gasteiger partial charge in [0.2, 0.25) is 0 Å². The highest BCUT2D eigenvalue weighted by Crippen LogP contribution is 2.26. The third kappa shape index (κ3) is 6.60. The summed E-state index contributed by atoms with van der Waals surface area (Å²) in [6, 6.07) is 12.8. The summed E-state index contributed by atoms with van der Waals surface area (Å²) in [6.07, 6.45) is -4.82. The predicted octanol–water partition coefficient (Wildman–Crippen LogP) is 0.651. The van der Waals surface area contributed by atoms with Gasteiger partial charge in [0, 0.05) is 31.5 Å². The first-order chi connectivity index (χ1) is 16.3. The van der Waals surface area contributed by atoms with E-state index >= 15 is 0 Å². The van der Waals surface area contributed by atoms with E-state index in [0.29, 0.717) is 22.6 Å². The van der Waals surface area contributed by atoms with E-state index in [2.05, 4.69) is 5.32 Å². The Morgan fingerprint density at radius 1 is 0.912 bits per heavy atom. The predicted molar refractivity (Wildman–Crippen MR) is 119 cm³/mol. The van der Waals surface area contributed by atoms with Crippen LogP contribution in [0.2, 0.25) is 0 Å². The number of aliphatic hydroxyl groups excluding tert-OH is 3. The summed E-state index contributed by atoms with van der Waals surface area (Å²) in [6.45, 7) is 2.20. The van der Waals surface area contributed by atoms with Gasteiger partial charge in [-0.15, -0.1) is 0 Å². The molecule has 10 nitrogen and oxygen atoms in total. The van der Waals surface area contributed by atoms with Crippen LogP contribution in [-0.4, -0.2) is 64.5 Å².